The Morgan fingerprint density at radius 2 is 2.05 bits per heavy atom. The lowest BCUT2D eigenvalue weighted by molar-refractivity contribution is -0.111. The summed E-state index contributed by atoms with van der Waals surface area (Å²) in [6, 6.07) is 3.70. The standard InChI is InChI=1S/C28H36N8O4/c1-5-26(38)30-22-12-23(25(39-4)13-24(22)35-8-10-40-11-9-35)31-28-29-14-18(2)27(32-28)36-16-20(19(3)33-36)15-34-7-6-21(37)17-34/h5,12-14,16,21,37H,1,6-11,15,17H2,2-4H3,(H,30,38)(H,29,31,32)/t21-/m0/s1. The molecule has 1 atom stereocenters. The zero-order chi connectivity index (χ0) is 28.2. The second kappa shape index (κ2) is 12.0. The summed E-state index contributed by atoms with van der Waals surface area (Å²) in [7, 11) is 1.60. The average molecular weight is 549 g/mol. The molecular weight excluding hydrogens is 512 g/mol. The van der Waals surface area contributed by atoms with Crippen LogP contribution in [0.2, 0.25) is 0 Å². The summed E-state index contributed by atoms with van der Waals surface area (Å²) in [5.74, 6) is 1.27. The number of likely N-dealkylation sites (tertiary alicyclic amines) is 1. The van der Waals surface area contributed by atoms with E-state index < -0.39 is 0 Å². The van der Waals surface area contributed by atoms with Gasteiger partial charge in [0, 0.05) is 62.3 Å². The maximum atomic E-state index is 12.3. The Morgan fingerprint density at radius 3 is 2.75 bits per heavy atom. The maximum Gasteiger partial charge on any atom is 0.247 e. The van der Waals surface area contributed by atoms with E-state index in [9.17, 15) is 9.90 Å². The van der Waals surface area contributed by atoms with E-state index >= 15 is 0 Å². The molecule has 2 aliphatic rings. The molecule has 0 radical (unpaired) electrons. The minimum absolute atomic E-state index is 0.265. The number of benzene rings is 1. The number of aliphatic hydroxyl groups excluding tert-OH is 1. The lowest BCUT2D eigenvalue weighted by Crippen LogP contribution is -2.36. The van der Waals surface area contributed by atoms with Crippen molar-refractivity contribution in [1.29, 1.82) is 0 Å². The normalized spacial score (nSPS) is 17.6. The molecule has 40 heavy (non-hydrogen) atoms. The van der Waals surface area contributed by atoms with E-state index in [0.29, 0.717) is 61.7 Å². The number of hydrogen-bond donors (Lipinski definition) is 3. The summed E-state index contributed by atoms with van der Waals surface area (Å²) >= 11 is 0. The predicted molar refractivity (Wildman–Crippen MR) is 153 cm³/mol. The summed E-state index contributed by atoms with van der Waals surface area (Å²) in [6.07, 6.45) is 5.50. The fourth-order valence-electron chi connectivity index (χ4n) is 4.99. The number of nitrogens with zero attached hydrogens (tertiary/aromatic N) is 6. The Bertz CT molecular complexity index is 1380. The van der Waals surface area contributed by atoms with Gasteiger partial charge in [-0.3, -0.25) is 9.69 Å². The van der Waals surface area contributed by atoms with Gasteiger partial charge in [0.2, 0.25) is 11.9 Å². The third-order valence-corrected chi connectivity index (χ3v) is 7.16. The van der Waals surface area contributed by atoms with Crippen molar-refractivity contribution in [3.05, 3.63) is 54.0 Å². The van der Waals surface area contributed by atoms with Crippen LogP contribution in [0, 0.1) is 13.8 Å². The van der Waals surface area contributed by atoms with E-state index in [1.807, 2.05) is 32.2 Å². The number of aromatic nitrogens is 4. The van der Waals surface area contributed by atoms with Crippen molar-refractivity contribution in [1.82, 2.24) is 24.6 Å². The van der Waals surface area contributed by atoms with Crippen molar-refractivity contribution in [2.45, 2.75) is 32.9 Å². The number of carbonyl (C=O) groups is 1. The third kappa shape index (κ3) is 6.09. The number of aryl methyl sites for hydroxylation is 2. The molecule has 12 nitrogen and oxygen atoms in total. The smallest absolute Gasteiger partial charge is 0.247 e. The molecule has 3 aromatic rings. The van der Waals surface area contributed by atoms with Gasteiger partial charge in [-0.25, -0.2) is 9.67 Å². The van der Waals surface area contributed by atoms with Crippen LogP contribution in [0.3, 0.4) is 0 Å². The lowest BCUT2D eigenvalue weighted by atomic mass is 10.1. The first-order valence-corrected chi connectivity index (χ1v) is 13.4. The summed E-state index contributed by atoms with van der Waals surface area (Å²) in [5, 5.41) is 20.8. The van der Waals surface area contributed by atoms with Crippen LogP contribution in [-0.2, 0) is 16.1 Å². The van der Waals surface area contributed by atoms with Gasteiger partial charge < -0.3 is 30.1 Å². The summed E-state index contributed by atoms with van der Waals surface area (Å²) in [5.41, 5.74) is 4.91. The van der Waals surface area contributed by atoms with Crippen molar-refractivity contribution < 1.29 is 19.4 Å². The Balaban J connectivity index is 1.44. The number of aliphatic hydroxyl groups is 1. The highest BCUT2D eigenvalue weighted by atomic mass is 16.5. The zero-order valence-corrected chi connectivity index (χ0v) is 23.2. The second-order valence-corrected chi connectivity index (χ2v) is 10.0. The Kier molecular flexibility index (Phi) is 8.29. The molecule has 2 aliphatic heterocycles. The lowest BCUT2D eigenvalue weighted by Gasteiger charge is -2.31. The van der Waals surface area contributed by atoms with E-state index in [2.05, 4.69) is 32.0 Å². The molecule has 0 bridgehead atoms. The quantitative estimate of drug-likeness (QED) is 0.343. The number of nitrogens with one attached hydrogen (secondary N) is 2. The van der Waals surface area contributed by atoms with E-state index in [1.165, 1.54) is 6.08 Å². The van der Waals surface area contributed by atoms with Gasteiger partial charge in [-0.15, -0.1) is 0 Å². The van der Waals surface area contributed by atoms with Crippen LogP contribution >= 0.6 is 0 Å². The van der Waals surface area contributed by atoms with Crippen LogP contribution in [0.15, 0.2) is 37.2 Å². The van der Waals surface area contributed by atoms with Crippen molar-refractivity contribution in [3.8, 4) is 11.6 Å². The molecule has 2 aromatic heterocycles. The molecule has 2 fully saturated rings. The number of ether oxygens (including phenoxy) is 2. The number of rotatable bonds is 9. The first-order chi connectivity index (χ1) is 19.3. The van der Waals surface area contributed by atoms with Crippen LogP contribution in [0.25, 0.3) is 5.82 Å². The van der Waals surface area contributed by atoms with Crippen LogP contribution in [0.5, 0.6) is 5.75 Å². The van der Waals surface area contributed by atoms with Gasteiger partial charge in [0.15, 0.2) is 5.82 Å². The van der Waals surface area contributed by atoms with Gasteiger partial charge in [-0.2, -0.15) is 10.1 Å². The third-order valence-electron chi connectivity index (χ3n) is 7.16. The number of β-amino-alcohol motifs (C(OH)–C–C–N with tert-alkyl or cyclic N) is 1. The molecule has 2 saturated heterocycles. The fourth-order valence-corrected chi connectivity index (χ4v) is 4.99. The number of morpholine rings is 1. The Morgan fingerprint density at radius 1 is 1.25 bits per heavy atom. The Hall–Kier alpha value is -4.00. The van der Waals surface area contributed by atoms with Crippen LogP contribution < -0.4 is 20.3 Å². The SMILES string of the molecule is C=CC(=O)Nc1cc(Nc2ncc(C)c(-n3cc(CN4CC[C@H](O)C4)c(C)n3)n2)c(OC)cc1N1CCOCC1. The molecule has 0 saturated carbocycles. The van der Waals surface area contributed by atoms with Gasteiger partial charge in [0.25, 0.3) is 0 Å². The van der Waals surface area contributed by atoms with Gasteiger partial charge in [-0.05, 0) is 32.4 Å². The zero-order valence-electron chi connectivity index (χ0n) is 23.2. The van der Waals surface area contributed by atoms with Crippen molar-refractivity contribution in [2.75, 3.05) is 62.0 Å². The van der Waals surface area contributed by atoms with Crippen LogP contribution in [0.1, 0.15) is 23.2 Å². The molecule has 1 aromatic carbocycles. The number of hydrogen-bond acceptors (Lipinski definition) is 10. The fraction of sp³-hybridized carbons (Fsp3) is 0.429. The molecule has 4 heterocycles. The van der Waals surface area contributed by atoms with Gasteiger partial charge in [0.1, 0.15) is 5.75 Å². The number of amides is 1. The monoisotopic (exact) mass is 548 g/mol. The topological polar surface area (TPSA) is 130 Å². The van der Waals surface area contributed by atoms with Crippen molar-refractivity contribution >= 4 is 28.9 Å². The van der Waals surface area contributed by atoms with Gasteiger partial charge >= 0.3 is 0 Å². The minimum atomic E-state index is -0.312. The summed E-state index contributed by atoms with van der Waals surface area (Å²) in [4.78, 5) is 25.9. The predicted octanol–water partition coefficient (Wildman–Crippen LogP) is 2.56. The molecule has 12 heteroatoms. The molecule has 212 valence electrons. The first kappa shape index (κ1) is 27.6. The molecular formula is C28H36N8O4. The van der Waals surface area contributed by atoms with Gasteiger partial charge in [0.05, 0.1) is 49.2 Å². The molecule has 5 rings (SSSR count). The molecule has 0 spiro atoms. The summed E-state index contributed by atoms with van der Waals surface area (Å²) in [6.45, 7) is 12.4. The highest BCUT2D eigenvalue weighted by Crippen LogP contribution is 2.38. The highest BCUT2D eigenvalue weighted by molar-refractivity contribution is 6.02. The average Bonchev–Trinajstić information content (AvgIpc) is 3.54. The Labute approximate surface area is 233 Å². The van der Waals surface area contributed by atoms with Crippen LogP contribution in [0.4, 0.5) is 23.0 Å². The number of anilines is 4. The summed E-state index contributed by atoms with van der Waals surface area (Å²) < 4.78 is 13.0. The maximum absolute atomic E-state index is 12.3. The minimum Gasteiger partial charge on any atom is -0.494 e. The second-order valence-electron chi connectivity index (χ2n) is 10.0. The van der Waals surface area contributed by atoms with E-state index in [4.69, 9.17) is 19.6 Å². The molecule has 1 amide bonds. The van der Waals surface area contributed by atoms with Gasteiger partial charge in [-0.1, -0.05) is 6.58 Å². The van der Waals surface area contributed by atoms with E-state index in [0.717, 1.165) is 42.0 Å². The number of methoxy groups -OCH3 is 1. The first-order valence-electron chi connectivity index (χ1n) is 13.4. The van der Waals surface area contributed by atoms with Crippen molar-refractivity contribution in [2.24, 2.45) is 0 Å². The molecule has 0 aliphatic carbocycles. The van der Waals surface area contributed by atoms with Crippen molar-refractivity contribution in [3.63, 3.8) is 0 Å². The molecule has 3 N–H and O–H groups in total. The van der Waals surface area contributed by atoms with E-state index in [1.54, 1.807) is 18.0 Å². The van der Waals surface area contributed by atoms with Crippen LogP contribution in [-0.4, -0.2) is 88.3 Å². The molecule has 0 unspecified atom stereocenters. The number of carbonyl (C=O) groups excluding carboxylic acids is 1. The highest BCUT2D eigenvalue weighted by Gasteiger charge is 2.23. The largest absolute Gasteiger partial charge is 0.494 e. The van der Waals surface area contributed by atoms with E-state index in [-0.39, 0.29) is 12.0 Å².